The van der Waals surface area contributed by atoms with E-state index >= 15 is 0 Å². The summed E-state index contributed by atoms with van der Waals surface area (Å²) in [6.07, 6.45) is 3.08. The van der Waals surface area contributed by atoms with E-state index in [0.717, 1.165) is 25.3 Å². The summed E-state index contributed by atoms with van der Waals surface area (Å²) in [6.45, 7) is 2.59. The third-order valence-corrected chi connectivity index (χ3v) is 3.13. The fourth-order valence-electron chi connectivity index (χ4n) is 2.06. The van der Waals surface area contributed by atoms with Gasteiger partial charge in [-0.3, -0.25) is 0 Å². The molecule has 1 nitrogen and oxygen atoms in total. The molecule has 4 heteroatoms. The second kappa shape index (κ2) is 5.08. The van der Waals surface area contributed by atoms with Crippen molar-refractivity contribution in [1.82, 2.24) is 5.32 Å². The Morgan fingerprint density at radius 3 is 2.41 bits per heavy atom. The molecule has 1 aliphatic carbocycles. The molecule has 1 atom stereocenters. The van der Waals surface area contributed by atoms with Gasteiger partial charge in [0.05, 0.1) is 0 Å². The zero-order chi connectivity index (χ0) is 12.4. The van der Waals surface area contributed by atoms with Crippen LogP contribution in [-0.2, 0) is 0 Å². The largest absolute Gasteiger partial charge is 0.310 e. The van der Waals surface area contributed by atoms with Gasteiger partial charge in [-0.05, 0) is 24.9 Å². The quantitative estimate of drug-likeness (QED) is 0.780. The summed E-state index contributed by atoms with van der Waals surface area (Å²) in [5.74, 6) is -2.20. The summed E-state index contributed by atoms with van der Waals surface area (Å²) in [6, 6.07) is 1.38. The van der Waals surface area contributed by atoms with Crippen molar-refractivity contribution in [3.63, 3.8) is 0 Å². The van der Waals surface area contributed by atoms with E-state index in [0.29, 0.717) is 18.5 Å². The predicted molar refractivity (Wildman–Crippen MR) is 60.1 cm³/mol. The molecule has 0 bridgehead atoms. The van der Waals surface area contributed by atoms with E-state index in [1.54, 1.807) is 0 Å². The van der Waals surface area contributed by atoms with E-state index in [1.165, 1.54) is 0 Å². The molecule has 1 saturated carbocycles. The summed E-state index contributed by atoms with van der Waals surface area (Å²) in [5.41, 5.74) is 0.234. The Morgan fingerprint density at radius 1 is 1.18 bits per heavy atom. The number of nitrogens with one attached hydrogen (secondary N) is 1. The zero-order valence-corrected chi connectivity index (χ0v) is 9.77. The molecule has 94 valence electrons. The van der Waals surface area contributed by atoms with Gasteiger partial charge < -0.3 is 5.32 Å². The van der Waals surface area contributed by atoms with Crippen LogP contribution in [0.5, 0.6) is 0 Å². The van der Waals surface area contributed by atoms with Crippen LogP contribution in [0, 0.1) is 23.4 Å². The fourth-order valence-corrected chi connectivity index (χ4v) is 2.06. The van der Waals surface area contributed by atoms with Crippen molar-refractivity contribution in [2.75, 3.05) is 6.54 Å². The maximum Gasteiger partial charge on any atom is 0.161 e. The molecule has 0 spiro atoms. The van der Waals surface area contributed by atoms with Gasteiger partial charge in [0.15, 0.2) is 11.6 Å². The molecule has 1 aliphatic rings. The van der Waals surface area contributed by atoms with Gasteiger partial charge in [-0.1, -0.05) is 19.8 Å². The number of hydrogen-bond donors (Lipinski definition) is 1. The van der Waals surface area contributed by atoms with E-state index < -0.39 is 17.5 Å². The second-order valence-electron chi connectivity index (χ2n) is 4.58. The van der Waals surface area contributed by atoms with Gasteiger partial charge in [0.25, 0.3) is 0 Å². The Hall–Kier alpha value is -1.03. The molecular formula is C13H16F3N. The lowest BCUT2D eigenvalue weighted by molar-refractivity contribution is 0.444. The molecule has 0 saturated heterocycles. The van der Waals surface area contributed by atoms with Crippen molar-refractivity contribution in [3.8, 4) is 0 Å². The topological polar surface area (TPSA) is 12.0 Å². The molecule has 17 heavy (non-hydrogen) atoms. The highest BCUT2D eigenvalue weighted by Crippen LogP contribution is 2.38. The van der Waals surface area contributed by atoms with Gasteiger partial charge in [0.2, 0.25) is 0 Å². The van der Waals surface area contributed by atoms with E-state index in [4.69, 9.17) is 0 Å². The minimum Gasteiger partial charge on any atom is -0.310 e. The Labute approximate surface area is 99.0 Å². The fraction of sp³-hybridized carbons (Fsp3) is 0.538. The molecule has 1 fully saturated rings. The van der Waals surface area contributed by atoms with Crippen LogP contribution in [0.4, 0.5) is 13.2 Å². The molecule has 1 aromatic carbocycles. The van der Waals surface area contributed by atoms with Gasteiger partial charge in [-0.2, -0.15) is 0 Å². The van der Waals surface area contributed by atoms with Gasteiger partial charge in [-0.25, -0.2) is 13.2 Å². The van der Waals surface area contributed by atoms with Crippen molar-refractivity contribution < 1.29 is 13.2 Å². The van der Waals surface area contributed by atoms with E-state index in [2.05, 4.69) is 5.32 Å². The monoisotopic (exact) mass is 243 g/mol. The summed E-state index contributed by atoms with van der Waals surface area (Å²) >= 11 is 0. The number of rotatable bonds is 5. The van der Waals surface area contributed by atoms with Crippen LogP contribution >= 0.6 is 0 Å². The van der Waals surface area contributed by atoms with Crippen molar-refractivity contribution in [2.45, 2.75) is 32.2 Å². The molecule has 1 aromatic rings. The lowest BCUT2D eigenvalue weighted by Gasteiger charge is -2.19. The van der Waals surface area contributed by atoms with Crippen LogP contribution in [0.15, 0.2) is 12.1 Å². The zero-order valence-electron chi connectivity index (χ0n) is 9.77. The molecule has 1 N–H and O–H groups in total. The Morgan fingerprint density at radius 2 is 1.82 bits per heavy atom. The van der Waals surface area contributed by atoms with Crippen LogP contribution in [0.2, 0.25) is 0 Å². The van der Waals surface area contributed by atoms with Crippen molar-refractivity contribution in [2.24, 2.45) is 5.92 Å². The van der Waals surface area contributed by atoms with Crippen LogP contribution in [-0.4, -0.2) is 6.54 Å². The molecular weight excluding hydrogens is 227 g/mol. The minimum atomic E-state index is -1.13. The van der Waals surface area contributed by atoms with Crippen LogP contribution in [0.1, 0.15) is 37.8 Å². The van der Waals surface area contributed by atoms with Gasteiger partial charge in [-0.15, -0.1) is 0 Å². The van der Waals surface area contributed by atoms with Crippen LogP contribution in [0.3, 0.4) is 0 Å². The average molecular weight is 243 g/mol. The molecule has 0 heterocycles. The molecule has 1 unspecified atom stereocenters. The first-order valence-corrected chi connectivity index (χ1v) is 5.99. The highest BCUT2D eigenvalue weighted by molar-refractivity contribution is 5.23. The third kappa shape index (κ3) is 3.00. The maximum absolute atomic E-state index is 13.6. The van der Waals surface area contributed by atoms with Crippen molar-refractivity contribution in [1.29, 1.82) is 0 Å². The maximum atomic E-state index is 13.6. The van der Waals surface area contributed by atoms with Crippen molar-refractivity contribution in [3.05, 3.63) is 35.1 Å². The first-order chi connectivity index (χ1) is 8.11. The molecule has 0 aliphatic heterocycles. The highest BCUT2D eigenvalue weighted by Gasteiger charge is 2.27. The number of benzene rings is 1. The lowest BCUT2D eigenvalue weighted by Crippen LogP contribution is -2.22. The number of hydrogen-bond acceptors (Lipinski definition) is 1. The van der Waals surface area contributed by atoms with Crippen LogP contribution in [0.25, 0.3) is 0 Å². The summed E-state index contributed by atoms with van der Waals surface area (Å²) in [4.78, 5) is 0. The molecule has 0 amide bonds. The lowest BCUT2D eigenvalue weighted by atomic mass is 10.00. The Balaban J connectivity index is 2.23. The third-order valence-electron chi connectivity index (χ3n) is 3.13. The minimum absolute atomic E-state index is 0.220. The average Bonchev–Trinajstić information content (AvgIpc) is 3.07. The summed E-state index contributed by atoms with van der Waals surface area (Å²) in [5, 5.41) is 3.13. The SMILES string of the molecule is CCNC(CC1CC1)c1cc(F)c(F)cc1F. The predicted octanol–water partition coefficient (Wildman–Crippen LogP) is 3.55. The second-order valence-corrected chi connectivity index (χ2v) is 4.58. The summed E-state index contributed by atoms with van der Waals surface area (Å²) in [7, 11) is 0. The standard InChI is InChI=1S/C13H16F3N/c1-2-17-13(5-8-3-4-8)9-6-11(15)12(16)7-10(9)14/h6-8,13,17H,2-5H2,1H3. The van der Waals surface area contributed by atoms with Gasteiger partial charge in [0.1, 0.15) is 5.82 Å². The van der Waals surface area contributed by atoms with Gasteiger partial charge in [0, 0.05) is 17.7 Å². The molecule has 0 aromatic heterocycles. The molecule has 2 rings (SSSR count). The first-order valence-electron chi connectivity index (χ1n) is 5.99. The van der Waals surface area contributed by atoms with Crippen LogP contribution < -0.4 is 5.32 Å². The van der Waals surface area contributed by atoms with E-state index in [-0.39, 0.29) is 11.6 Å². The van der Waals surface area contributed by atoms with Crippen molar-refractivity contribution >= 4 is 0 Å². The first kappa shape index (κ1) is 12.4. The molecule has 0 radical (unpaired) electrons. The van der Waals surface area contributed by atoms with E-state index in [1.807, 2.05) is 6.92 Å². The Bertz CT molecular complexity index is 402. The highest BCUT2D eigenvalue weighted by atomic mass is 19.2. The number of halogens is 3. The van der Waals surface area contributed by atoms with Gasteiger partial charge >= 0.3 is 0 Å². The Kier molecular flexibility index (Phi) is 3.72. The van der Waals surface area contributed by atoms with E-state index in [9.17, 15) is 13.2 Å². The normalized spacial score (nSPS) is 17.2. The smallest absolute Gasteiger partial charge is 0.161 e. The summed E-state index contributed by atoms with van der Waals surface area (Å²) < 4.78 is 39.6.